The number of nitrogens with zero attached hydrogens (tertiary/aromatic N) is 2. The number of halogens is 4. The van der Waals surface area contributed by atoms with Crippen LogP contribution in [0, 0.1) is 24.6 Å². The summed E-state index contributed by atoms with van der Waals surface area (Å²) < 4.78 is 71.6. The van der Waals surface area contributed by atoms with Gasteiger partial charge in [-0.25, -0.2) is 9.37 Å². The fraction of sp³-hybridized carbons (Fsp3) is 0.600. The van der Waals surface area contributed by atoms with Crippen molar-refractivity contribution in [2.24, 2.45) is 11.8 Å². The highest BCUT2D eigenvalue weighted by molar-refractivity contribution is 7.51. The van der Waals surface area contributed by atoms with E-state index in [1.165, 1.54) is 12.1 Å². The largest absolute Gasteiger partial charge is 0.391 e. The molecule has 1 atom stereocenters. The van der Waals surface area contributed by atoms with E-state index in [1.54, 1.807) is 17.6 Å². The molecule has 7 nitrogen and oxygen atoms in total. The lowest BCUT2D eigenvalue weighted by Gasteiger charge is -2.34. The number of hydrogen-bond acceptors (Lipinski definition) is 5. The third-order valence-corrected chi connectivity index (χ3v) is 6.87. The van der Waals surface area contributed by atoms with Crippen LogP contribution in [0.3, 0.4) is 0 Å². The van der Waals surface area contributed by atoms with Gasteiger partial charge >= 0.3 is 17.7 Å². The molecule has 1 amide bonds. The highest BCUT2D eigenvalue weighted by Crippen LogP contribution is 2.32. The van der Waals surface area contributed by atoms with Crippen molar-refractivity contribution in [2.75, 3.05) is 6.54 Å². The van der Waals surface area contributed by atoms with E-state index in [0.29, 0.717) is 42.4 Å². The lowest BCUT2D eigenvalue weighted by Crippen LogP contribution is -2.45. The lowest BCUT2D eigenvalue weighted by molar-refractivity contribution is -0.169. The smallest absolute Gasteiger partial charge is 0.388 e. The van der Waals surface area contributed by atoms with E-state index in [4.69, 9.17) is 8.42 Å². The zero-order valence-electron chi connectivity index (χ0n) is 21.3. The minimum absolute atomic E-state index is 0.0163. The summed E-state index contributed by atoms with van der Waals surface area (Å²) in [7, 11) is 0. The molecular weight excluding hydrogens is 514 g/mol. The number of aliphatic hydroxyl groups is 1. The number of imidazole rings is 1. The van der Waals surface area contributed by atoms with Crippen molar-refractivity contribution in [1.82, 2.24) is 14.9 Å². The van der Waals surface area contributed by atoms with Crippen LogP contribution in [0.5, 0.6) is 0 Å². The highest BCUT2D eigenvalue weighted by atomic mass is 32.1. The van der Waals surface area contributed by atoms with Gasteiger partial charge in [0.25, 0.3) is 5.91 Å². The molecule has 2 N–H and O–H groups in total. The molecule has 1 aliphatic carbocycles. The predicted octanol–water partition coefficient (Wildman–Crippen LogP) is 4.62. The van der Waals surface area contributed by atoms with E-state index in [1.807, 2.05) is 6.92 Å². The van der Waals surface area contributed by atoms with Crippen molar-refractivity contribution in [3.63, 3.8) is 0 Å². The van der Waals surface area contributed by atoms with Gasteiger partial charge in [-0.15, -0.1) is 0 Å². The maximum absolute atomic E-state index is 14.7. The number of aryl methyl sites for hydroxylation is 1. The average molecular weight is 548 g/mol. The summed E-state index contributed by atoms with van der Waals surface area (Å²) in [4.78, 5) is 17.3. The first kappa shape index (κ1) is 30.6. The number of rotatable bonds is 7. The van der Waals surface area contributed by atoms with E-state index in [-0.39, 0.29) is 17.8 Å². The summed E-state index contributed by atoms with van der Waals surface area (Å²) in [5, 5.41) is 13.5. The third kappa shape index (κ3) is 7.94. The summed E-state index contributed by atoms with van der Waals surface area (Å²) in [6.45, 7) is 6.84. The minimum Gasteiger partial charge on any atom is -0.388 e. The van der Waals surface area contributed by atoms with E-state index in [9.17, 15) is 27.5 Å². The molecule has 1 aliphatic rings. The normalized spacial score (nSPS) is 20.5. The van der Waals surface area contributed by atoms with Gasteiger partial charge in [-0.05, 0) is 62.6 Å². The number of amides is 1. The summed E-state index contributed by atoms with van der Waals surface area (Å²) in [5.74, 6) is -1.72. The summed E-state index contributed by atoms with van der Waals surface area (Å²) in [6.07, 6.45) is -1.32. The summed E-state index contributed by atoms with van der Waals surface area (Å²) in [6, 6.07) is 4.08. The quantitative estimate of drug-likeness (QED) is 0.493. The van der Waals surface area contributed by atoms with Crippen LogP contribution >= 0.6 is 0 Å². The molecule has 2 aromatic rings. The number of aromatic nitrogens is 2. The Morgan fingerprint density at radius 3 is 2.41 bits per heavy atom. The van der Waals surface area contributed by atoms with Crippen LogP contribution in [0.15, 0.2) is 18.2 Å². The fourth-order valence-corrected chi connectivity index (χ4v) is 4.45. The van der Waals surface area contributed by atoms with Crippen molar-refractivity contribution in [2.45, 2.75) is 78.0 Å². The first-order valence-electron chi connectivity index (χ1n) is 12.1. The van der Waals surface area contributed by atoms with Crippen LogP contribution in [-0.4, -0.2) is 47.3 Å². The SMILES string of the molecule is CCc1nc(C(=O)NCC2(O)CCC(C)CC2)c(C)n1-c1ccc(CC(C)C(F)(F)F)c(F)c1.O=S=O. The third-order valence-electron chi connectivity index (χ3n) is 6.87. The van der Waals surface area contributed by atoms with Crippen molar-refractivity contribution in [1.29, 1.82) is 0 Å². The molecule has 37 heavy (non-hydrogen) atoms. The maximum Gasteiger partial charge on any atom is 0.391 e. The van der Waals surface area contributed by atoms with Crippen LogP contribution in [0.4, 0.5) is 17.6 Å². The van der Waals surface area contributed by atoms with Gasteiger partial charge in [-0.2, -0.15) is 21.6 Å². The molecule has 0 radical (unpaired) electrons. The Hall–Kier alpha value is -2.60. The second kappa shape index (κ2) is 12.8. The van der Waals surface area contributed by atoms with Gasteiger partial charge in [0.05, 0.1) is 17.2 Å². The molecule has 0 aliphatic heterocycles. The molecule has 1 heterocycles. The Labute approximate surface area is 217 Å². The number of benzene rings is 1. The van der Waals surface area contributed by atoms with Crippen LogP contribution < -0.4 is 5.32 Å². The van der Waals surface area contributed by atoms with Gasteiger partial charge in [0.15, 0.2) is 0 Å². The van der Waals surface area contributed by atoms with Crippen molar-refractivity contribution < 1.29 is 35.9 Å². The molecule has 0 spiro atoms. The number of carbonyl (C=O) groups excluding carboxylic acids is 1. The van der Waals surface area contributed by atoms with Crippen molar-refractivity contribution in [3.05, 3.63) is 46.8 Å². The molecule has 0 bridgehead atoms. The number of carbonyl (C=O) groups is 1. The summed E-state index contributed by atoms with van der Waals surface area (Å²) >= 11 is -0.750. The average Bonchev–Trinajstić information content (AvgIpc) is 3.17. The Balaban J connectivity index is 0.00000153. The number of alkyl halides is 3. The monoisotopic (exact) mass is 547 g/mol. The zero-order valence-corrected chi connectivity index (χ0v) is 22.1. The Morgan fingerprint density at radius 2 is 1.89 bits per heavy atom. The van der Waals surface area contributed by atoms with Gasteiger partial charge in [-0.3, -0.25) is 4.79 Å². The molecule has 1 aromatic carbocycles. The fourth-order valence-electron chi connectivity index (χ4n) is 4.45. The Bertz CT molecular complexity index is 1120. The standard InChI is InChI=1S/C25H33F4N3O2.O2S/c1-5-21-31-22(23(33)30-14-24(34)10-8-15(2)9-11-24)17(4)32(21)19-7-6-18(20(26)13-19)12-16(3)25(27,28)29;1-3-2/h6-7,13,15-16,34H,5,8-12,14H2,1-4H3,(H,30,33);. The lowest BCUT2D eigenvalue weighted by atomic mass is 9.79. The van der Waals surface area contributed by atoms with Crippen LogP contribution in [0.25, 0.3) is 5.69 Å². The van der Waals surface area contributed by atoms with E-state index in [0.717, 1.165) is 19.8 Å². The van der Waals surface area contributed by atoms with Crippen molar-refractivity contribution in [3.8, 4) is 5.69 Å². The minimum atomic E-state index is -4.40. The Morgan fingerprint density at radius 1 is 1.30 bits per heavy atom. The highest BCUT2D eigenvalue weighted by Gasteiger charge is 2.36. The molecule has 1 aromatic heterocycles. The van der Waals surface area contributed by atoms with Gasteiger partial charge < -0.3 is 15.0 Å². The van der Waals surface area contributed by atoms with E-state index in [2.05, 4.69) is 17.2 Å². The van der Waals surface area contributed by atoms with Gasteiger partial charge in [0, 0.05) is 18.7 Å². The Kier molecular flexibility index (Phi) is 10.6. The molecule has 1 fully saturated rings. The van der Waals surface area contributed by atoms with Gasteiger partial charge in [-0.1, -0.05) is 26.8 Å². The van der Waals surface area contributed by atoms with Gasteiger partial charge in [0.2, 0.25) is 0 Å². The molecule has 12 heteroatoms. The topological polar surface area (TPSA) is 101 Å². The van der Waals surface area contributed by atoms with Crippen molar-refractivity contribution >= 4 is 17.5 Å². The first-order valence-corrected chi connectivity index (χ1v) is 12.8. The van der Waals surface area contributed by atoms with Gasteiger partial charge in [0.1, 0.15) is 17.3 Å². The first-order chi connectivity index (χ1) is 17.3. The zero-order chi connectivity index (χ0) is 28.0. The molecule has 1 unspecified atom stereocenters. The molecule has 206 valence electrons. The van der Waals surface area contributed by atoms with Crippen LogP contribution in [-0.2, 0) is 24.4 Å². The summed E-state index contributed by atoms with van der Waals surface area (Å²) in [5.41, 5.74) is 0.118. The molecule has 1 saturated carbocycles. The molecular formula is C25H33F4N3O4S. The molecule has 0 saturated heterocycles. The number of hydrogen-bond donors (Lipinski definition) is 2. The van der Waals surface area contributed by atoms with E-state index >= 15 is 0 Å². The second-order valence-corrected chi connectivity index (χ2v) is 9.87. The van der Waals surface area contributed by atoms with Crippen LogP contribution in [0.1, 0.15) is 74.0 Å². The van der Waals surface area contributed by atoms with Crippen LogP contribution in [0.2, 0.25) is 0 Å². The maximum atomic E-state index is 14.7. The van der Waals surface area contributed by atoms with E-state index < -0.39 is 47.4 Å². The molecule has 3 rings (SSSR count). The predicted molar refractivity (Wildman–Crippen MR) is 130 cm³/mol. The second-order valence-electron chi connectivity index (χ2n) is 9.73. The number of nitrogens with one attached hydrogen (secondary N) is 1.